The Bertz CT molecular complexity index is 839. The fourth-order valence-corrected chi connectivity index (χ4v) is 4.59. The van der Waals surface area contributed by atoms with Gasteiger partial charge in [0.25, 0.3) is 0 Å². The van der Waals surface area contributed by atoms with E-state index in [-0.39, 0.29) is 17.5 Å². The van der Waals surface area contributed by atoms with Crippen molar-refractivity contribution in [2.45, 2.75) is 37.2 Å². The summed E-state index contributed by atoms with van der Waals surface area (Å²) in [6.45, 7) is 6.23. The Labute approximate surface area is 164 Å². The van der Waals surface area contributed by atoms with Crippen LogP contribution in [-0.2, 0) is 10.0 Å². The summed E-state index contributed by atoms with van der Waals surface area (Å²) < 4.78 is 34.0. The van der Waals surface area contributed by atoms with E-state index in [4.69, 9.17) is 4.74 Å². The second kappa shape index (κ2) is 8.52. The molecule has 0 amide bonds. The first-order valence-electron chi connectivity index (χ1n) is 8.30. The predicted octanol–water partition coefficient (Wildman–Crippen LogP) is 3.87. The average molecular weight is 441 g/mol. The Morgan fingerprint density at radius 1 is 1.15 bits per heavy atom. The number of rotatable bonds is 8. The molecule has 0 spiro atoms. The van der Waals surface area contributed by atoms with E-state index in [0.717, 1.165) is 5.56 Å². The number of hydrogen-bond donors (Lipinski definition) is 2. The SMILES string of the molecule is COc1ccc(Br)cc1S(=O)(=O)NCC(C)(C)NC(C)c1ccccc1. The molecule has 0 aliphatic carbocycles. The van der Waals surface area contributed by atoms with Crippen LogP contribution >= 0.6 is 15.9 Å². The Morgan fingerprint density at radius 3 is 2.42 bits per heavy atom. The average Bonchev–Trinajstić information content (AvgIpc) is 2.60. The third kappa shape index (κ3) is 5.54. The topological polar surface area (TPSA) is 67.4 Å². The van der Waals surface area contributed by atoms with Crippen molar-refractivity contribution in [1.82, 2.24) is 10.0 Å². The van der Waals surface area contributed by atoms with Gasteiger partial charge in [-0.1, -0.05) is 46.3 Å². The maximum atomic E-state index is 12.7. The molecule has 0 aromatic heterocycles. The standard InChI is InChI=1S/C19H25BrN2O3S/c1-14(15-8-6-5-7-9-15)22-19(2,3)13-21-26(23,24)18-12-16(20)10-11-17(18)25-4/h5-12,14,21-22H,13H2,1-4H3. The van der Waals surface area contributed by atoms with Crippen molar-refractivity contribution < 1.29 is 13.2 Å². The van der Waals surface area contributed by atoms with Crippen LogP contribution in [0.5, 0.6) is 5.75 Å². The smallest absolute Gasteiger partial charge is 0.244 e. The highest BCUT2D eigenvalue weighted by atomic mass is 79.9. The van der Waals surface area contributed by atoms with Gasteiger partial charge in [-0.25, -0.2) is 13.1 Å². The summed E-state index contributed by atoms with van der Waals surface area (Å²) in [5.41, 5.74) is 0.707. The summed E-state index contributed by atoms with van der Waals surface area (Å²) in [6.07, 6.45) is 0. The van der Waals surface area contributed by atoms with Gasteiger partial charge in [0, 0.05) is 22.6 Å². The van der Waals surface area contributed by atoms with Gasteiger partial charge in [0.15, 0.2) is 0 Å². The molecule has 2 aromatic rings. The molecule has 1 unspecified atom stereocenters. The van der Waals surface area contributed by atoms with Gasteiger partial charge in [-0.05, 0) is 44.5 Å². The lowest BCUT2D eigenvalue weighted by atomic mass is 10.0. The van der Waals surface area contributed by atoms with Crippen LogP contribution in [0, 0.1) is 0 Å². The molecule has 0 saturated heterocycles. The van der Waals surface area contributed by atoms with E-state index in [9.17, 15) is 8.42 Å². The molecule has 0 bridgehead atoms. The molecule has 142 valence electrons. The minimum Gasteiger partial charge on any atom is -0.495 e. The maximum absolute atomic E-state index is 12.7. The van der Waals surface area contributed by atoms with E-state index in [1.807, 2.05) is 44.2 Å². The van der Waals surface area contributed by atoms with Crippen LogP contribution in [0.3, 0.4) is 0 Å². The molecule has 0 aliphatic heterocycles. The number of ether oxygens (including phenoxy) is 1. The highest BCUT2D eigenvalue weighted by molar-refractivity contribution is 9.10. The van der Waals surface area contributed by atoms with Crippen molar-refractivity contribution in [2.24, 2.45) is 0 Å². The molecule has 1 atom stereocenters. The van der Waals surface area contributed by atoms with Gasteiger partial charge in [0.1, 0.15) is 10.6 Å². The first kappa shape index (κ1) is 20.9. The zero-order valence-corrected chi connectivity index (χ0v) is 17.8. The summed E-state index contributed by atoms with van der Waals surface area (Å²) in [6, 6.07) is 15.0. The van der Waals surface area contributed by atoms with E-state index in [2.05, 4.69) is 32.9 Å². The zero-order chi connectivity index (χ0) is 19.4. The molecule has 0 aliphatic rings. The fourth-order valence-electron chi connectivity index (χ4n) is 2.68. The van der Waals surface area contributed by atoms with Gasteiger partial charge in [0.2, 0.25) is 10.0 Å². The molecular formula is C19H25BrN2O3S. The summed E-state index contributed by atoms with van der Waals surface area (Å²) in [5.74, 6) is 0.309. The van der Waals surface area contributed by atoms with Crippen molar-refractivity contribution in [2.75, 3.05) is 13.7 Å². The molecule has 0 radical (unpaired) electrons. The molecule has 0 saturated carbocycles. The van der Waals surface area contributed by atoms with E-state index >= 15 is 0 Å². The van der Waals surface area contributed by atoms with Crippen molar-refractivity contribution in [3.05, 3.63) is 58.6 Å². The Kier molecular flexibility index (Phi) is 6.85. The molecule has 7 heteroatoms. The first-order valence-corrected chi connectivity index (χ1v) is 10.6. The monoisotopic (exact) mass is 440 g/mol. The minimum atomic E-state index is -3.70. The number of methoxy groups -OCH3 is 1. The molecule has 5 nitrogen and oxygen atoms in total. The van der Waals surface area contributed by atoms with E-state index in [0.29, 0.717) is 10.2 Å². The van der Waals surface area contributed by atoms with Crippen LogP contribution in [0.2, 0.25) is 0 Å². The number of halogens is 1. The first-order chi connectivity index (χ1) is 12.1. The highest BCUT2D eigenvalue weighted by Crippen LogP contribution is 2.27. The van der Waals surface area contributed by atoms with Crippen LogP contribution in [0.25, 0.3) is 0 Å². The summed E-state index contributed by atoms with van der Waals surface area (Å²) >= 11 is 3.31. The summed E-state index contributed by atoms with van der Waals surface area (Å²) in [7, 11) is -2.25. The van der Waals surface area contributed by atoms with E-state index < -0.39 is 15.6 Å². The number of benzene rings is 2. The van der Waals surface area contributed by atoms with Crippen LogP contribution in [0.1, 0.15) is 32.4 Å². The number of nitrogens with one attached hydrogen (secondary N) is 2. The Balaban J connectivity index is 2.09. The van der Waals surface area contributed by atoms with Gasteiger partial charge in [-0.2, -0.15) is 0 Å². The van der Waals surface area contributed by atoms with E-state index in [1.54, 1.807) is 12.1 Å². The van der Waals surface area contributed by atoms with Crippen molar-refractivity contribution in [1.29, 1.82) is 0 Å². The van der Waals surface area contributed by atoms with Crippen molar-refractivity contribution >= 4 is 26.0 Å². The Hall–Kier alpha value is -1.41. The number of hydrogen-bond acceptors (Lipinski definition) is 4. The van der Waals surface area contributed by atoms with Crippen LogP contribution in [-0.4, -0.2) is 27.6 Å². The molecular weight excluding hydrogens is 416 g/mol. The predicted molar refractivity (Wildman–Crippen MR) is 108 cm³/mol. The zero-order valence-electron chi connectivity index (χ0n) is 15.4. The second-order valence-corrected chi connectivity index (χ2v) is 9.43. The van der Waals surface area contributed by atoms with Gasteiger partial charge < -0.3 is 10.1 Å². The third-order valence-electron chi connectivity index (χ3n) is 4.03. The van der Waals surface area contributed by atoms with Gasteiger partial charge in [0.05, 0.1) is 7.11 Å². The lowest BCUT2D eigenvalue weighted by Gasteiger charge is -2.31. The lowest BCUT2D eigenvalue weighted by molar-refractivity contribution is 0.345. The normalized spacial score (nSPS) is 13.4. The molecule has 2 aromatic carbocycles. The van der Waals surface area contributed by atoms with Crippen LogP contribution in [0.15, 0.2) is 57.9 Å². The molecule has 2 N–H and O–H groups in total. The second-order valence-electron chi connectivity index (χ2n) is 6.78. The van der Waals surface area contributed by atoms with Gasteiger partial charge in [-0.3, -0.25) is 0 Å². The number of sulfonamides is 1. The van der Waals surface area contributed by atoms with E-state index in [1.165, 1.54) is 13.2 Å². The highest BCUT2D eigenvalue weighted by Gasteiger charge is 2.26. The molecule has 0 heterocycles. The van der Waals surface area contributed by atoms with Crippen molar-refractivity contribution in [3.8, 4) is 5.75 Å². The maximum Gasteiger partial charge on any atom is 0.244 e. The fraction of sp³-hybridized carbons (Fsp3) is 0.368. The van der Waals surface area contributed by atoms with Crippen LogP contribution < -0.4 is 14.8 Å². The summed E-state index contributed by atoms with van der Waals surface area (Å²) in [5, 5.41) is 3.47. The molecule has 26 heavy (non-hydrogen) atoms. The van der Waals surface area contributed by atoms with Gasteiger partial charge in [-0.15, -0.1) is 0 Å². The third-order valence-corrected chi connectivity index (χ3v) is 5.94. The minimum absolute atomic E-state index is 0.0936. The van der Waals surface area contributed by atoms with Crippen LogP contribution in [0.4, 0.5) is 0 Å². The lowest BCUT2D eigenvalue weighted by Crippen LogP contribution is -2.49. The van der Waals surface area contributed by atoms with Gasteiger partial charge >= 0.3 is 0 Å². The molecule has 2 rings (SSSR count). The van der Waals surface area contributed by atoms with Crippen molar-refractivity contribution in [3.63, 3.8) is 0 Å². The Morgan fingerprint density at radius 2 is 1.81 bits per heavy atom. The summed E-state index contributed by atoms with van der Waals surface area (Å²) in [4.78, 5) is 0.112. The largest absolute Gasteiger partial charge is 0.495 e. The molecule has 0 fully saturated rings. The quantitative estimate of drug-likeness (QED) is 0.653.